The first-order chi connectivity index (χ1) is 14.5. The number of hydrogen-bond donors (Lipinski definition) is 1. The summed E-state index contributed by atoms with van der Waals surface area (Å²) >= 11 is 9.39. The summed E-state index contributed by atoms with van der Waals surface area (Å²) in [6, 6.07) is 22.0. The van der Waals surface area contributed by atoms with Crippen molar-refractivity contribution in [1.82, 2.24) is 9.78 Å². The van der Waals surface area contributed by atoms with E-state index in [-0.39, 0.29) is 24.4 Å². The lowest BCUT2D eigenvalue weighted by Gasteiger charge is -2.12. The van der Waals surface area contributed by atoms with Crippen molar-refractivity contribution in [1.29, 1.82) is 0 Å². The van der Waals surface area contributed by atoms with Gasteiger partial charge in [-0.3, -0.25) is 9.59 Å². The number of nitrogens with zero attached hydrogens (tertiary/aromatic N) is 2. The van der Waals surface area contributed by atoms with Gasteiger partial charge in [0.2, 0.25) is 5.91 Å². The molecule has 1 heterocycles. The molecule has 0 saturated carbocycles. The molecule has 4 aromatic rings. The Labute approximate surface area is 186 Å². The molecule has 7 heteroatoms. The third-order valence-corrected chi connectivity index (χ3v) is 5.39. The van der Waals surface area contributed by atoms with Gasteiger partial charge in [-0.2, -0.15) is 5.10 Å². The van der Waals surface area contributed by atoms with Crippen LogP contribution in [0.2, 0.25) is 5.02 Å². The van der Waals surface area contributed by atoms with Crippen molar-refractivity contribution in [2.45, 2.75) is 13.0 Å². The molecule has 0 unspecified atom stereocenters. The molecule has 0 bridgehead atoms. The van der Waals surface area contributed by atoms with Gasteiger partial charge >= 0.3 is 0 Å². The van der Waals surface area contributed by atoms with Gasteiger partial charge in [-0.15, -0.1) is 0 Å². The van der Waals surface area contributed by atoms with Crippen LogP contribution in [0.5, 0.6) is 0 Å². The van der Waals surface area contributed by atoms with E-state index in [1.165, 1.54) is 4.68 Å². The molecule has 1 aromatic heterocycles. The Morgan fingerprint density at radius 1 is 1.00 bits per heavy atom. The molecule has 0 aliphatic carbocycles. The Morgan fingerprint density at radius 2 is 1.73 bits per heavy atom. The van der Waals surface area contributed by atoms with Crippen LogP contribution < -0.4 is 10.9 Å². The summed E-state index contributed by atoms with van der Waals surface area (Å²) in [4.78, 5) is 25.3. The minimum absolute atomic E-state index is 0.123. The summed E-state index contributed by atoms with van der Waals surface area (Å²) in [7, 11) is 0. The highest BCUT2D eigenvalue weighted by atomic mass is 79.9. The van der Waals surface area contributed by atoms with Gasteiger partial charge in [0.25, 0.3) is 5.56 Å². The summed E-state index contributed by atoms with van der Waals surface area (Å²) in [5, 5.41) is 9.35. The third-order valence-electron chi connectivity index (χ3n) is 4.64. The van der Waals surface area contributed by atoms with Gasteiger partial charge in [0.1, 0.15) is 0 Å². The SMILES string of the molecule is O=C(CCn1nc(-c2ccc(Cl)cc2)c2ccccc2c1=O)Nc1cccc(Br)c1. The second kappa shape index (κ2) is 8.81. The Bertz CT molecular complexity index is 1290. The standard InChI is InChI=1S/C23H17BrClN3O2/c24-16-4-3-5-18(14-16)26-21(29)12-13-28-23(30)20-7-2-1-6-19(20)22(27-28)15-8-10-17(25)11-9-15/h1-11,14H,12-13H2,(H,26,29). The predicted molar refractivity (Wildman–Crippen MR) is 124 cm³/mol. The maximum absolute atomic E-state index is 12.9. The van der Waals surface area contributed by atoms with Crippen LogP contribution in [0.4, 0.5) is 5.69 Å². The Kier molecular flexibility index (Phi) is 5.97. The Morgan fingerprint density at radius 3 is 2.47 bits per heavy atom. The number of nitrogens with one attached hydrogen (secondary N) is 1. The van der Waals surface area contributed by atoms with E-state index < -0.39 is 0 Å². The van der Waals surface area contributed by atoms with Gasteiger partial charge in [0.05, 0.1) is 17.6 Å². The van der Waals surface area contributed by atoms with Crippen molar-refractivity contribution < 1.29 is 4.79 Å². The highest BCUT2D eigenvalue weighted by Gasteiger charge is 2.13. The zero-order valence-electron chi connectivity index (χ0n) is 15.8. The molecule has 1 N–H and O–H groups in total. The third kappa shape index (κ3) is 4.45. The number of fused-ring (bicyclic) bond motifs is 1. The number of amides is 1. The van der Waals surface area contributed by atoms with Gasteiger partial charge in [0.15, 0.2) is 0 Å². The van der Waals surface area contributed by atoms with E-state index in [0.717, 1.165) is 15.4 Å². The van der Waals surface area contributed by atoms with Crippen molar-refractivity contribution in [3.05, 3.63) is 92.6 Å². The van der Waals surface area contributed by atoms with Crippen molar-refractivity contribution in [3.8, 4) is 11.3 Å². The van der Waals surface area contributed by atoms with Crippen LogP contribution in [-0.2, 0) is 11.3 Å². The van der Waals surface area contributed by atoms with Crippen molar-refractivity contribution >= 4 is 49.9 Å². The van der Waals surface area contributed by atoms with E-state index in [1.54, 1.807) is 18.2 Å². The number of anilines is 1. The van der Waals surface area contributed by atoms with Crippen LogP contribution in [0.25, 0.3) is 22.0 Å². The van der Waals surface area contributed by atoms with E-state index >= 15 is 0 Å². The van der Waals surface area contributed by atoms with Crippen LogP contribution in [0.3, 0.4) is 0 Å². The second-order valence-electron chi connectivity index (χ2n) is 6.74. The number of aromatic nitrogens is 2. The van der Waals surface area contributed by atoms with Gasteiger partial charge in [-0.05, 0) is 36.4 Å². The largest absolute Gasteiger partial charge is 0.326 e. The molecule has 4 rings (SSSR count). The molecule has 5 nitrogen and oxygen atoms in total. The smallest absolute Gasteiger partial charge is 0.274 e. The lowest BCUT2D eigenvalue weighted by Crippen LogP contribution is -2.26. The molecule has 0 saturated heterocycles. The van der Waals surface area contributed by atoms with Crippen LogP contribution in [-0.4, -0.2) is 15.7 Å². The lowest BCUT2D eigenvalue weighted by atomic mass is 10.1. The zero-order valence-corrected chi connectivity index (χ0v) is 18.2. The Balaban J connectivity index is 1.64. The number of carbonyl (C=O) groups is 1. The number of benzene rings is 3. The monoisotopic (exact) mass is 481 g/mol. The van der Waals surface area contributed by atoms with Crippen LogP contribution in [0, 0.1) is 0 Å². The minimum Gasteiger partial charge on any atom is -0.326 e. The predicted octanol–water partition coefficient (Wildman–Crippen LogP) is 5.51. The average molecular weight is 483 g/mol. The van der Waals surface area contributed by atoms with Crippen LogP contribution in [0.1, 0.15) is 6.42 Å². The summed E-state index contributed by atoms with van der Waals surface area (Å²) < 4.78 is 2.23. The molecule has 0 radical (unpaired) electrons. The number of rotatable bonds is 5. The summed E-state index contributed by atoms with van der Waals surface area (Å²) in [6.07, 6.45) is 0.123. The molecular weight excluding hydrogens is 466 g/mol. The number of carbonyl (C=O) groups excluding carboxylic acids is 1. The van der Waals surface area contributed by atoms with Crippen molar-refractivity contribution in [3.63, 3.8) is 0 Å². The summed E-state index contributed by atoms with van der Waals surface area (Å²) in [5.74, 6) is -0.192. The molecule has 0 aliphatic rings. The Hall–Kier alpha value is -2.96. The molecule has 0 atom stereocenters. The highest BCUT2D eigenvalue weighted by molar-refractivity contribution is 9.10. The second-order valence-corrected chi connectivity index (χ2v) is 8.09. The van der Waals surface area contributed by atoms with E-state index in [0.29, 0.717) is 21.8 Å². The fourth-order valence-electron chi connectivity index (χ4n) is 3.20. The van der Waals surface area contributed by atoms with Crippen LogP contribution in [0.15, 0.2) is 82.1 Å². The summed E-state index contributed by atoms with van der Waals surface area (Å²) in [5.41, 5.74) is 1.99. The zero-order chi connectivity index (χ0) is 21.1. The average Bonchev–Trinajstić information content (AvgIpc) is 2.74. The number of hydrogen-bond acceptors (Lipinski definition) is 3. The van der Waals surface area contributed by atoms with Crippen LogP contribution >= 0.6 is 27.5 Å². The highest BCUT2D eigenvalue weighted by Crippen LogP contribution is 2.26. The maximum Gasteiger partial charge on any atom is 0.274 e. The van der Waals surface area contributed by atoms with Gasteiger partial charge in [-0.1, -0.05) is 63.9 Å². The van der Waals surface area contributed by atoms with E-state index in [1.807, 2.05) is 54.6 Å². The van der Waals surface area contributed by atoms with Gasteiger partial charge < -0.3 is 5.32 Å². The molecule has 30 heavy (non-hydrogen) atoms. The first-order valence-electron chi connectivity index (χ1n) is 9.32. The molecular formula is C23H17BrClN3O2. The first kappa shape index (κ1) is 20.3. The number of halogens is 2. The lowest BCUT2D eigenvalue weighted by molar-refractivity contribution is -0.116. The van der Waals surface area contributed by atoms with Gasteiger partial charge in [0, 0.05) is 32.6 Å². The summed E-state index contributed by atoms with van der Waals surface area (Å²) in [6.45, 7) is 0.171. The molecule has 3 aromatic carbocycles. The minimum atomic E-state index is -0.224. The number of aryl methyl sites for hydroxylation is 1. The molecule has 0 spiro atoms. The van der Waals surface area contributed by atoms with Crippen molar-refractivity contribution in [2.24, 2.45) is 0 Å². The molecule has 1 amide bonds. The quantitative estimate of drug-likeness (QED) is 0.408. The van der Waals surface area contributed by atoms with E-state index in [9.17, 15) is 9.59 Å². The fraction of sp³-hybridized carbons (Fsp3) is 0.0870. The van der Waals surface area contributed by atoms with Gasteiger partial charge in [-0.25, -0.2) is 4.68 Å². The molecule has 150 valence electrons. The normalized spacial score (nSPS) is 10.9. The van der Waals surface area contributed by atoms with E-state index in [2.05, 4.69) is 26.3 Å². The first-order valence-corrected chi connectivity index (χ1v) is 10.5. The molecule has 0 fully saturated rings. The van der Waals surface area contributed by atoms with Crippen molar-refractivity contribution in [2.75, 3.05) is 5.32 Å². The maximum atomic E-state index is 12.9. The fourth-order valence-corrected chi connectivity index (χ4v) is 3.73. The van der Waals surface area contributed by atoms with E-state index in [4.69, 9.17) is 11.6 Å². The molecule has 0 aliphatic heterocycles. The topological polar surface area (TPSA) is 64.0 Å².